The molecule has 1 heterocycles. The normalized spacial score (nSPS) is 11.1. The molecule has 0 aliphatic heterocycles. The lowest BCUT2D eigenvalue weighted by atomic mass is 10.1. The molecule has 2 aromatic rings. The van der Waals surface area contributed by atoms with Gasteiger partial charge in [0.2, 0.25) is 0 Å². The fraction of sp³-hybridized carbons (Fsp3) is 0.278. The smallest absolute Gasteiger partial charge is 0.303 e. The number of benzene rings is 1. The van der Waals surface area contributed by atoms with Gasteiger partial charge in [0.1, 0.15) is 17.3 Å². The lowest BCUT2D eigenvalue weighted by molar-refractivity contribution is -0.137. The second kappa shape index (κ2) is 9.00. The van der Waals surface area contributed by atoms with Crippen molar-refractivity contribution >= 4 is 34.7 Å². The van der Waals surface area contributed by atoms with E-state index in [2.05, 4.69) is 15.8 Å². The lowest BCUT2D eigenvalue weighted by Crippen LogP contribution is -2.25. The highest BCUT2D eigenvalue weighted by molar-refractivity contribution is 7.80. The molecule has 0 radical (unpaired) electrons. The van der Waals surface area contributed by atoms with Gasteiger partial charge < -0.3 is 19.6 Å². The van der Waals surface area contributed by atoms with Crippen molar-refractivity contribution in [3.63, 3.8) is 0 Å². The average molecular weight is 375 g/mol. The number of hydrogen-bond acceptors (Lipinski definition) is 5. The highest BCUT2D eigenvalue weighted by Crippen LogP contribution is 2.18. The van der Waals surface area contributed by atoms with Gasteiger partial charge in [-0.25, -0.2) is 0 Å². The fourth-order valence-corrected chi connectivity index (χ4v) is 2.47. The molecule has 138 valence electrons. The predicted octanol–water partition coefficient (Wildman–Crippen LogP) is 3.32. The van der Waals surface area contributed by atoms with E-state index in [1.807, 2.05) is 38.1 Å². The molecule has 0 fully saturated rings. The van der Waals surface area contributed by atoms with Gasteiger partial charge in [-0.2, -0.15) is 5.10 Å². The minimum absolute atomic E-state index is 0.0232. The van der Waals surface area contributed by atoms with E-state index < -0.39 is 5.97 Å². The van der Waals surface area contributed by atoms with Crippen molar-refractivity contribution in [3.8, 4) is 5.75 Å². The van der Waals surface area contributed by atoms with Crippen LogP contribution in [-0.2, 0) is 11.2 Å². The van der Waals surface area contributed by atoms with E-state index in [-0.39, 0.29) is 6.42 Å². The van der Waals surface area contributed by atoms with Gasteiger partial charge >= 0.3 is 5.97 Å². The number of nitrogens with one attached hydrogen (secondary N) is 2. The summed E-state index contributed by atoms with van der Waals surface area (Å²) < 4.78 is 10.7. The van der Waals surface area contributed by atoms with Crippen LogP contribution < -0.4 is 15.5 Å². The molecule has 0 unspecified atom stereocenters. The number of carboxylic acids is 1. The van der Waals surface area contributed by atoms with Gasteiger partial charge in [0.15, 0.2) is 5.11 Å². The van der Waals surface area contributed by atoms with Gasteiger partial charge in [0, 0.05) is 23.7 Å². The van der Waals surface area contributed by atoms with Crippen molar-refractivity contribution in [2.45, 2.75) is 26.7 Å². The van der Waals surface area contributed by atoms with Gasteiger partial charge in [-0.05, 0) is 44.3 Å². The number of methoxy groups -OCH3 is 1. The average Bonchev–Trinajstić information content (AvgIpc) is 2.99. The van der Waals surface area contributed by atoms with Gasteiger partial charge in [0.25, 0.3) is 0 Å². The van der Waals surface area contributed by atoms with E-state index >= 15 is 0 Å². The third-order valence-corrected chi connectivity index (χ3v) is 3.79. The Morgan fingerprint density at radius 1 is 1.38 bits per heavy atom. The summed E-state index contributed by atoms with van der Waals surface area (Å²) in [6.45, 7) is 3.63. The number of carboxylic acid groups (broad SMARTS) is 1. The first-order valence-corrected chi connectivity index (χ1v) is 8.36. The summed E-state index contributed by atoms with van der Waals surface area (Å²) >= 11 is 5.23. The summed E-state index contributed by atoms with van der Waals surface area (Å²) in [5.74, 6) is 1.16. The molecule has 0 atom stereocenters. The zero-order chi connectivity index (χ0) is 19.1. The number of hydrogen-bond donors (Lipinski definition) is 3. The maximum absolute atomic E-state index is 10.7. The Morgan fingerprint density at radius 3 is 2.85 bits per heavy atom. The highest BCUT2D eigenvalue weighted by Gasteiger charge is 2.11. The largest absolute Gasteiger partial charge is 0.497 e. The number of ether oxygens (including phenoxy) is 1. The predicted molar refractivity (Wildman–Crippen MR) is 104 cm³/mol. The summed E-state index contributed by atoms with van der Waals surface area (Å²) in [6, 6.07) is 9.18. The number of thiocarbonyl (C=S) groups is 1. The molecule has 1 aromatic heterocycles. The van der Waals surface area contributed by atoms with E-state index in [1.54, 1.807) is 13.2 Å². The third kappa shape index (κ3) is 5.59. The topological polar surface area (TPSA) is 96.1 Å². The molecule has 0 aliphatic rings. The Kier molecular flexibility index (Phi) is 6.74. The monoisotopic (exact) mass is 375 g/mol. The van der Waals surface area contributed by atoms with Crippen LogP contribution in [0.25, 0.3) is 0 Å². The van der Waals surface area contributed by atoms with Crippen LogP contribution in [0.3, 0.4) is 0 Å². The van der Waals surface area contributed by atoms with Crippen LogP contribution in [0.1, 0.15) is 30.4 Å². The Bertz CT molecular complexity index is 830. The van der Waals surface area contributed by atoms with Gasteiger partial charge in [-0.1, -0.05) is 6.07 Å². The molecule has 0 amide bonds. The third-order valence-electron chi connectivity index (χ3n) is 3.60. The van der Waals surface area contributed by atoms with Crippen molar-refractivity contribution in [2.24, 2.45) is 5.10 Å². The fourth-order valence-electron chi connectivity index (χ4n) is 2.31. The minimum atomic E-state index is -0.860. The van der Waals surface area contributed by atoms with Crippen LogP contribution in [0.4, 0.5) is 5.69 Å². The van der Waals surface area contributed by atoms with E-state index in [1.165, 1.54) is 0 Å². The molecule has 0 saturated carbocycles. The number of hydrazone groups is 1. The molecule has 26 heavy (non-hydrogen) atoms. The molecule has 3 N–H and O–H groups in total. The van der Waals surface area contributed by atoms with E-state index in [4.69, 9.17) is 26.5 Å². The van der Waals surface area contributed by atoms with Gasteiger partial charge in [-0.15, -0.1) is 0 Å². The number of carbonyl (C=O) groups is 1. The molecule has 1 aromatic carbocycles. The number of aliphatic carboxylic acids is 1. The zero-order valence-corrected chi connectivity index (χ0v) is 15.6. The zero-order valence-electron chi connectivity index (χ0n) is 14.8. The van der Waals surface area contributed by atoms with E-state index in [9.17, 15) is 4.79 Å². The van der Waals surface area contributed by atoms with E-state index in [0.717, 1.165) is 17.0 Å². The number of furan rings is 1. The molecular weight excluding hydrogens is 354 g/mol. The van der Waals surface area contributed by atoms with E-state index in [0.29, 0.717) is 28.8 Å². The summed E-state index contributed by atoms with van der Waals surface area (Å²) in [6.07, 6.45) is 0.363. The maximum Gasteiger partial charge on any atom is 0.303 e. The Hall–Kier alpha value is -2.87. The number of aryl methyl sites for hydroxylation is 2. The Morgan fingerprint density at radius 2 is 2.15 bits per heavy atom. The summed E-state index contributed by atoms with van der Waals surface area (Å²) in [4.78, 5) is 10.7. The molecular formula is C18H21N3O4S. The van der Waals surface area contributed by atoms with Crippen LogP contribution in [0.15, 0.2) is 39.9 Å². The molecule has 2 rings (SSSR count). The number of rotatable bonds is 7. The first kappa shape index (κ1) is 19.5. The number of anilines is 1. The molecule has 7 nitrogen and oxygen atoms in total. The highest BCUT2D eigenvalue weighted by atomic mass is 32.1. The second-order valence-electron chi connectivity index (χ2n) is 5.57. The van der Waals surface area contributed by atoms with Crippen molar-refractivity contribution in [3.05, 3.63) is 47.4 Å². The van der Waals surface area contributed by atoms with Crippen molar-refractivity contribution < 1.29 is 19.1 Å². The maximum atomic E-state index is 10.7. The van der Waals surface area contributed by atoms with Crippen LogP contribution in [0, 0.1) is 6.92 Å². The Labute approximate surface area is 157 Å². The first-order valence-electron chi connectivity index (χ1n) is 7.96. The molecule has 0 bridgehead atoms. The summed E-state index contributed by atoms with van der Waals surface area (Å²) in [7, 11) is 1.60. The molecule has 0 aliphatic carbocycles. The van der Waals surface area contributed by atoms with Crippen LogP contribution in [-0.4, -0.2) is 29.0 Å². The van der Waals surface area contributed by atoms with Crippen LogP contribution in [0.5, 0.6) is 5.75 Å². The van der Waals surface area contributed by atoms with Gasteiger partial charge in [0.05, 0.1) is 19.2 Å². The summed E-state index contributed by atoms with van der Waals surface area (Å²) in [5, 5.41) is 16.4. The second-order valence-corrected chi connectivity index (χ2v) is 5.98. The minimum Gasteiger partial charge on any atom is -0.497 e. The molecule has 0 saturated heterocycles. The van der Waals surface area contributed by atoms with Crippen molar-refractivity contribution in [1.82, 2.24) is 5.43 Å². The Balaban J connectivity index is 1.98. The first-order chi connectivity index (χ1) is 12.4. The standard InChI is InChI=1S/C18H21N3O4S/c1-11(16-10-15(25-12(16)2)7-8-17(22)23)20-21-18(26)19-13-5-4-6-14(9-13)24-3/h4-6,9-10H,7-8H2,1-3H3,(H,22,23)(H2,19,21,26)/b20-11-. The molecule has 8 heteroatoms. The molecule has 0 spiro atoms. The summed E-state index contributed by atoms with van der Waals surface area (Å²) in [5.41, 5.74) is 5.06. The van der Waals surface area contributed by atoms with Gasteiger partial charge in [-0.3, -0.25) is 10.2 Å². The number of nitrogens with zero attached hydrogens (tertiary/aromatic N) is 1. The van der Waals surface area contributed by atoms with Crippen LogP contribution >= 0.6 is 12.2 Å². The SMILES string of the molecule is COc1cccc(NC(=S)N/N=C(/C)c2cc(CCC(=O)O)oc2C)c1. The lowest BCUT2D eigenvalue weighted by Gasteiger charge is -2.09. The van der Waals surface area contributed by atoms with Crippen molar-refractivity contribution in [1.29, 1.82) is 0 Å². The quantitative estimate of drug-likeness (QED) is 0.388. The van der Waals surface area contributed by atoms with Crippen LogP contribution in [0.2, 0.25) is 0 Å². The van der Waals surface area contributed by atoms with Crippen molar-refractivity contribution in [2.75, 3.05) is 12.4 Å².